The number of halogens is 5. The van der Waals surface area contributed by atoms with Crippen molar-refractivity contribution in [2.45, 2.75) is 61.7 Å². The molecule has 6 rings (SSSR count). The number of alkyl halides is 2. The molecule has 4 aromatic rings. The van der Waals surface area contributed by atoms with Crippen molar-refractivity contribution in [3.05, 3.63) is 135 Å². The van der Waals surface area contributed by atoms with E-state index in [-0.39, 0.29) is 23.6 Å². The fourth-order valence-corrected chi connectivity index (χ4v) is 9.35. The summed E-state index contributed by atoms with van der Waals surface area (Å²) in [7, 11) is 0. The first-order valence-corrected chi connectivity index (χ1v) is 16.9. The Bertz CT molecular complexity index is 1810. The molecule has 1 spiro atoms. The Labute approximate surface area is 294 Å². The topological polar surface area (TPSA) is 69.6 Å². The van der Waals surface area contributed by atoms with Crippen molar-refractivity contribution < 1.29 is 27.9 Å². The van der Waals surface area contributed by atoms with E-state index in [1.54, 1.807) is 48.5 Å². The number of anilines is 1. The minimum absolute atomic E-state index is 0.0408. The van der Waals surface area contributed by atoms with Crippen LogP contribution in [0.5, 0.6) is 0 Å². The van der Waals surface area contributed by atoms with E-state index in [2.05, 4.69) is 5.32 Å². The van der Waals surface area contributed by atoms with E-state index in [0.717, 1.165) is 0 Å². The van der Waals surface area contributed by atoms with Crippen LogP contribution in [0.2, 0.25) is 10.0 Å². The number of rotatable bonds is 11. The Kier molecular flexibility index (Phi) is 9.72. The number of ketones is 1. The highest BCUT2D eigenvalue weighted by Gasteiger charge is 2.76. The summed E-state index contributed by atoms with van der Waals surface area (Å²) in [5, 5.41) is 15.6. The van der Waals surface area contributed by atoms with Crippen molar-refractivity contribution in [2.75, 3.05) is 18.7 Å². The summed E-state index contributed by atoms with van der Waals surface area (Å²) in [5.41, 5.74) is -1.36. The summed E-state index contributed by atoms with van der Waals surface area (Å²) in [6.45, 7) is 1.43. The van der Waals surface area contributed by atoms with Crippen LogP contribution >= 0.6 is 23.2 Å². The van der Waals surface area contributed by atoms with Gasteiger partial charge in [-0.3, -0.25) is 23.3 Å². The molecule has 4 aromatic carbocycles. The quantitative estimate of drug-likeness (QED) is 0.153. The SMILES string of the molecule is CC(=O)[C@H]1C(c2cc(F)cc(Cl)c2)C(C)(c2ccc(Cl)cc2NC=O)C2(CC(CF)(CF)C2)N1C(c1ccccc1)C(O)c1ccccc1. The molecule has 1 aliphatic heterocycles. The molecule has 1 amide bonds. The standard InChI is InChI=1S/C39H37Cl2F3N2O3/c1-24(48)34-33(27-15-29(41)17-30(44)16-27)37(2,31-14-13-28(40)18-32(31)45-23-47)39(19-38(20-39,21-42)22-43)46(34)35(25-9-5-3-6-10-25)36(49)26-11-7-4-8-12-26/h3-18,23,33-36,49H,19-22H2,1-2H3,(H,45,47)/t33?,34-,35?,36?,37?/m0/s1. The molecule has 5 nitrogen and oxygen atoms in total. The zero-order chi connectivity index (χ0) is 35.1. The monoisotopic (exact) mass is 708 g/mol. The average molecular weight is 710 g/mol. The molecular formula is C39H37Cl2F3N2O3. The molecule has 1 aliphatic carbocycles. The van der Waals surface area contributed by atoms with Gasteiger partial charge in [0, 0.05) is 38.0 Å². The molecule has 49 heavy (non-hydrogen) atoms. The van der Waals surface area contributed by atoms with Crippen LogP contribution in [0.25, 0.3) is 0 Å². The van der Waals surface area contributed by atoms with Gasteiger partial charge in [-0.25, -0.2) is 4.39 Å². The van der Waals surface area contributed by atoms with Gasteiger partial charge in [0.25, 0.3) is 0 Å². The number of hydrogen-bond acceptors (Lipinski definition) is 4. The van der Waals surface area contributed by atoms with Crippen LogP contribution in [0.15, 0.2) is 97.1 Å². The number of carbonyl (C=O) groups excluding carboxylic acids is 2. The summed E-state index contributed by atoms with van der Waals surface area (Å²) < 4.78 is 45.3. The Morgan fingerprint density at radius 2 is 1.55 bits per heavy atom. The normalized spacial score (nSPS) is 23.8. The molecule has 10 heteroatoms. The van der Waals surface area contributed by atoms with E-state index in [9.17, 15) is 23.5 Å². The molecule has 2 N–H and O–H groups in total. The number of nitrogens with one attached hydrogen (secondary N) is 1. The van der Waals surface area contributed by atoms with Gasteiger partial charge in [0.1, 0.15) is 11.6 Å². The fourth-order valence-electron chi connectivity index (χ4n) is 8.95. The van der Waals surface area contributed by atoms with Crippen molar-refractivity contribution in [3.8, 4) is 0 Å². The van der Waals surface area contributed by atoms with Gasteiger partial charge < -0.3 is 10.4 Å². The smallest absolute Gasteiger partial charge is 0.211 e. The van der Waals surface area contributed by atoms with Gasteiger partial charge in [-0.2, -0.15) is 0 Å². The zero-order valence-corrected chi connectivity index (χ0v) is 28.6. The largest absolute Gasteiger partial charge is 0.386 e. The number of hydrogen-bond donors (Lipinski definition) is 2. The third-order valence-corrected chi connectivity index (χ3v) is 11.4. The van der Waals surface area contributed by atoms with E-state index < -0.39 is 59.6 Å². The number of likely N-dealkylation sites (tertiary alicyclic amines) is 1. The lowest BCUT2D eigenvalue weighted by atomic mass is 9.45. The van der Waals surface area contributed by atoms with E-state index in [1.165, 1.54) is 19.1 Å². The van der Waals surface area contributed by atoms with Crippen molar-refractivity contribution in [2.24, 2.45) is 5.41 Å². The van der Waals surface area contributed by atoms with Crippen molar-refractivity contribution >= 4 is 41.1 Å². The lowest BCUT2D eigenvalue weighted by Gasteiger charge is -2.64. The van der Waals surface area contributed by atoms with Crippen LogP contribution in [-0.2, 0) is 15.0 Å². The first-order valence-electron chi connectivity index (χ1n) is 16.1. The summed E-state index contributed by atoms with van der Waals surface area (Å²) in [6, 6.07) is 25.3. The Balaban J connectivity index is 1.75. The number of aliphatic hydroxyl groups excluding tert-OH is 1. The number of nitrogens with zero attached hydrogens (tertiary/aromatic N) is 1. The molecule has 256 valence electrons. The van der Waals surface area contributed by atoms with Gasteiger partial charge in [0.05, 0.1) is 31.5 Å². The van der Waals surface area contributed by atoms with Gasteiger partial charge in [0.15, 0.2) is 0 Å². The number of aliphatic hydroxyl groups is 1. The fraction of sp³-hybridized carbons (Fsp3) is 0.333. The van der Waals surface area contributed by atoms with Crippen molar-refractivity contribution in [3.63, 3.8) is 0 Å². The number of carbonyl (C=O) groups is 2. The van der Waals surface area contributed by atoms with E-state index in [0.29, 0.717) is 39.4 Å². The summed E-state index contributed by atoms with van der Waals surface area (Å²) >= 11 is 12.9. The van der Waals surface area contributed by atoms with Gasteiger partial charge in [0.2, 0.25) is 6.41 Å². The van der Waals surface area contributed by atoms with Crippen LogP contribution in [-0.4, -0.2) is 47.1 Å². The zero-order valence-electron chi connectivity index (χ0n) is 27.1. The molecule has 2 fully saturated rings. The average Bonchev–Trinajstić information content (AvgIpc) is 3.30. The lowest BCUT2D eigenvalue weighted by Crippen LogP contribution is -2.70. The second kappa shape index (κ2) is 13.6. The Morgan fingerprint density at radius 3 is 2.10 bits per heavy atom. The molecule has 2 aliphatic rings. The second-order valence-corrected chi connectivity index (χ2v) is 14.5. The maximum absolute atomic E-state index is 15.3. The first-order chi connectivity index (χ1) is 23.4. The summed E-state index contributed by atoms with van der Waals surface area (Å²) in [6.07, 6.45) is -0.777. The number of amides is 1. The molecule has 1 heterocycles. The molecule has 1 saturated carbocycles. The van der Waals surface area contributed by atoms with Crippen LogP contribution in [0, 0.1) is 11.2 Å². The number of Topliss-reactive ketones (excluding diaryl/α,β-unsaturated/α-hetero) is 1. The molecule has 1 saturated heterocycles. The predicted octanol–water partition coefficient (Wildman–Crippen LogP) is 8.95. The van der Waals surface area contributed by atoms with Crippen LogP contribution < -0.4 is 5.32 Å². The maximum Gasteiger partial charge on any atom is 0.211 e. The third-order valence-electron chi connectivity index (χ3n) is 10.9. The van der Waals surface area contributed by atoms with Gasteiger partial charge >= 0.3 is 0 Å². The van der Waals surface area contributed by atoms with Crippen molar-refractivity contribution in [1.82, 2.24) is 4.90 Å². The van der Waals surface area contributed by atoms with Crippen LogP contribution in [0.1, 0.15) is 67.0 Å². The molecule has 4 unspecified atom stereocenters. The maximum atomic E-state index is 15.3. The Morgan fingerprint density at radius 1 is 0.939 bits per heavy atom. The van der Waals surface area contributed by atoms with E-state index >= 15 is 4.39 Å². The van der Waals surface area contributed by atoms with E-state index in [1.807, 2.05) is 48.2 Å². The highest BCUT2D eigenvalue weighted by molar-refractivity contribution is 6.31. The summed E-state index contributed by atoms with van der Waals surface area (Å²) in [4.78, 5) is 28.3. The first kappa shape index (κ1) is 35.1. The third kappa shape index (κ3) is 5.76. The molecular weight excluding hydrogens is 672 g/mol. The second-order valence-electron chi connectivity index (χ2n) is 13.7. The lowest BCUT2D eigenvalue weighted by molar-refractivity contribution is -0.157. The molecule has 0 radical (unpaired) electrons. The minimum Gasteiger partial charge on any atom is -0.386 e. The molecule has 0 bridgehead atoms. The summed E-state index contributed by atoms with van der Waals surface area (Å²) in [5.74, 6) is -1.80. The van der Waals surface area contributed by atoms with Gasteiger partial charge in [-0.05, 0) is 72.4 Å². The highest BCUT2D eigenvalue weighted by Crippen LogP contribution is 2.72. The predicted molar refractivity (Wildman–Crippen MR) is 186 cm³/mol. The van der Waals surface area contributed by atoms with Gasteiger partial charge in [-0.1, -0.05) is 96.9 Å². The van der Waals surface area contributed by atoms with Gasteiger partial charge in [-0.15, -0.1) is 0 Å². The number of benzene rings is 4. The van der Waals surface area contributed by atoms with Crippen LogP contribution in [0.3, 0.4) is 0 Å². The van der Waals surface area contributed by atoms with Crippen molar-refractivity contribution in [1.29, 1.82) is 0 Å². The molecule has 0 aromatic heterocycles. The minimum atomic E-state index is -1.38. The Hall–Kier alpha value is -3.69. The highest BCUT2D eigenvalue weighted by atomic mass is 35.5. The van der Waals surface area contributed by atoms with Crippen LogP contribution in [0.4, 0.5) is 18.9 Å². The van der Waals surface area contributed by atoms with E-state index in [4.69, 9.17) is 23.2 Å². The molecule has 5 atom stereocenters.